The summed E-state index contributed by atoms with van der Waals surface area (Å²) in [6, 6.07) is 1.75. The van der Waals surface area contributed by atoms with Gasteiger partial charge in [-0.05, 0) is 18.4 Å². The minimum absolute atomic E-state index is 0.297. The van der Waals surface area contributed by atoms with Gasteiger partial charge in [-0.2, -0.15) is 5.10 Å². The van der Waals surface area contributed by atoms with Gasteiger partial charge in [-0.25, -0.2) is 9.97 Å². The maximum absolute atomic E-state index is 12.6. The highest BCUT2D eigenvalue weighted by Gasteiger charge is 2.18. The van der Waals surface area contributed by atoms with Gasteiger partial charge in [0.25, 0.3) is 5.56 Å². The molecule has 0 saturated carbocycles. The Morgan fingerprint density at radius 1 is 1.37 bits per heavy atom. The maximum atomic E-state index is 12.6. The largest absolute Gasteiger partial charge is 0.477 e. The number of pyridine rings is 1. The van der Waals surface area contributed by atoms with Gasteiger partial charge in [-0.15, -0.1) is 6.42 Å². The van der Waals surface area contributed by atoms with Crippen molar-refractivity contribution < 1.29 is 4.74 Å². The minimum atomic E-state index is -0.297. The molecule has 0 fully saturated rings. The molecule has 7 nitrogen and oxygen atoms in total. The number of hydrogen-bond donors (Lipinski definition) is 1. The molecule has 0 radical (unpaired) electrons. The van der Waals surface area contributed by atoms with E-state index < -0.39 is 0 Å². The first-order valence-corrected chi connectivity index (χ1v) is 9.00. The summed E-state index contributed by atoms with van der Waals surface area (Å²) in [6.07, 6.45) is 8.80. The number of terminal acetylenes is 1. The number of fused-ring (bicyclic) bond motifs is 1. The highest BCUT2D eigenvalue weighted by Crippen LogP contribution is 2.27. The monoisotopic (exact) mass is 365 g/mol. The van der Waals surface area contributed by atoms with E-state index in [0.29, 0.717) is 46.4 Å². The zero-order valence-corrected chi connectivity index (χ0v) is 16.0. The molecule has 3 rings (SSSR count). The third-order valence-corrected chi connectivity index (χ3v) is 4.12. The molecule has 140 valence electrons. The summed E-state index contributed by atoms with van der Waals surface area (Å²) in [7, 11) is 1.82. The molecule has 0 saturated heterocycles. The molecule has 1 N–H and O–H groups in total. The Bertz CT molecular complexity index is 1070. The average Bonchev–Trinajstić information content (AvgIpc) is 2.96. The predicted molar refractivity (Wildman–Crippen MR) is 105 cm³/mol. The van der Waals surface area contributed by atoms with E-state index in [9.17, 15) is 4.79 Å². The number of aryl methyl sites for hydroxylation is 2. The Kier molecular flexibility index (Phi) is 5.26. The van der Waals surface area contributed by atoms with Crippen LogP contribution in [0.3, 0.4) is 0 Å². The van der Waals surface area contributed by atoms with E-state index in [2.05, 4.69) is 32.9 Å². The number of aromatic nitrogens is 5. The topological polar surface area (TPSA) is 85.7 Å². The molecule has 3 heterocycles. The zero-order valence-electron chi connectivity index (χ0n) is 16.0. The van der Waals surface area contributed by atoms with Crippen molar-refractivity contribution >= 4 is 11.0 Å². The Hall–Kier alpha value is -3.14. The van der Waals surface area contributed by atoms with Gasteiger partial charge in [-0.1, -0.05) is 33.1 Å². The molecular weight excluding hydrogens is 342 g/mol. The van der Waals surface area contributed by atoms with Crippen molar-refractivity contribution in [3.8, 4) is 29.6 Å². The van der Waals surface area contributed by atoms with Crippen LogP contribution in [0.1, 0.15) is 38.4 Å². The molecule has 3 aromatic rings. The standard InChI is InChI=1S/C20H23N5O2/c1-6-8-15-16-17(24-25(15)5)19(26)23-18(22-16)14-9-13(7-2)10-21-20(14)27-11-12(3)4/h2,9-10,12H,6,8,11H2,1,3-5H3,(H,22,23,26). The molecule has 0 aliphatic heterocycles. The summed E-state index contributed by atoms with van der Waals surface area (Å²) in [6.45, 7) is 6.67. The van der Waals surface area contributed by atoms with E-state index in [1.54, 1.807) is 16.9 Å². The molecule has 7 heteroatoms. The fraction of sp³-hybridized carbons (Fsp3) is 0.400. The zero-order chi connectivity index (χ0) is 19.6. The van der Waals surface area contributed by atoms with Crippen molar-refractivity contribution in [1.29, 1.82) is 0 Å². The highest BCUT2D eigenvalue weighted by atomic mass is 16.5. The van der Waals surface area contributed by atoms with Crippen molar-refractivity contribution in [2.24, 2.45) is 13.0 Å². The summed E-state index contributed by atoms with van der Waals surface area (Å²) in [4.78, 5) is 24.4. The normalized spacial score (nSPS) is 11.1. The number of rotatable bonds is 6. The summed E-state index contributed by atoms with van der Waals surface area (Å²) >= 11 is 0. The lowest BCUT2D eigenvalue weighted by atomic mass is 10.1. The van der Waals surface area contributed by atoms with Crippen LogP contribution < -0.4 is 10.3 Å². The second-order valence-corrected chi connectivity index (χ2v) is 6.86. The van der Waals surface area contributed by atoms with Crippen LogP contribution in [0.5, 0.6) is 5.88 Å². The molecule has 3 aromatic heterocycles. The van der Waals surface area contributed by atoms with Crippen molar-refractivity contribution in [2.75, 3.05) is 6.61 Å². The van der Waals surface area contributed by atoms with E-state index in [1.165, 1.54) is 0 Å². The third-order valence-electron chi connectivity index (χ3n) is 4.12. The molecule has 0 aliphatic rings. The van der Waals surface area contributed by atoms with E-state index in [4.69, 9.17) is 11.2 Å². The number of hydrogen-bond acceptors (Lipinski definition) is 5. The number of ether oxygens (including phenoxy) is 1. The SMILES string of the molecule is C#Cc1cnc(OCC(C)C)c(-c2nc3c(CCC)n(C)nc3c(=O)[nH]2)c1. The number of aromatic amines is 1. The van der Waals surface area contributed by atoms with Crippen LogP contribution >= 0.6 is 0 Å². The quantitative estimate of drug-likeness (QED) is 0.679. The van der Waals surface area contributed by atoms with Gasteiger partial charge in [0.05, 0.1) is 17.9 Å². The van der Waals surface area contributed by atoms with Crippen LogP contribution in [0.15, 0.2) is 17.1 Å². The second-order valence-electron chi connectivity index (χ2n) is 6.86. The molecule has 0 bridgehead atoms. The van der Waals surface area contributed by atoms with Gasteiger partial charge >= 0.3 is 0 Å². The summed E-state index contributed by atoms with van der Waals surface area (Å²) in [5.74, 6) is 3.66. The number of nitrogens with zero attached hydrogens (tertiary/aromatic N) is 4. The summed E-state index contributed by atoms with van der Waals surface area (Å²) in [5, 5.41) is 4.31. The molecular formula is C20H23N5O2. The minimum Gasteiger partial charge on any atom is -0.477 e. The van der Waals surface area contributed by atoms with Gasteiger partial charge in [0.1, 0.15) is 11.3 Å². The molecule has 0 spiro atoms. The van der Waals surface area contributed by atoms with Gasteiger partial charge in [0.15, 0.2) is 5.52 Å². The van der Waals surface area contributed by atoms with E-state index >= 15 is 0 Å². The van der Waals surface area contributed by atoms with Gasteiger partial charge < -0.3 is 9.72 Å². The van der Waals surface area contributed by atoms with Gasteiger partial charge in [-0.3, -0.25) is 9.48 Å². The lowest BCUT2D eigenvalue weighted by Gasteiger charge is -2.12. The summed E-state index contributed by atoms with van der Waals surface area (Å²) in [5.41, 5.74) is 2.70. The first kappa shape index (κ1) is 18.6. The Morgan fingerprint density at radius 2 is 2.15 bits per heavy atom. The van der Waals surface area contributed by atoms with Gasteiger partial charge in [0.2, 0.25) is 5.88 Å². The fourth-order valence-electron chi connectivity index (χ4n) is 2.83. The summed E-state index contributed by atoms with van der Waals surface area (Å²) < 4.78 is 7.54. The van der Waals surface area contributed by atoms with E-state index in [-0.39, 0.29) is 5.56 Å². The van der Waals surface area contributed by atoms with Crippen molar-refractivity contribution in [1.82, 2.24) is 24.7 Å². The first-order valence-electron chi connectivity index (χ1n) is 9.00. The van der Waals surface area contributed by atoms with Crippen LogP contribution in [0.2, 0.25) is 0 Å². The van der Waals surface area contributed by atoms with E-state index in [0.717, 1.165) is 18.5 Å². The van der Waals surface area contributed by atoms with Crippen LogP contribution in [-0.2, 0) is 13.5 Å². The number of H-pyrrole nitrogens is 1. The van der Waals surface area contributed by atoms with Crippen molar-refractivity contribution in [3.05, 3.63) is 33.9 Å². The molecule has 0 aliphatic carbocycles. The lowest BCUT2D eigenvalue weighted by Crippen LogP contribution is -2.12. The third kappa shape index (κ3) is 3.70. The van der Waals surface area contributed by atoms with E-state index in [1.807, 2.05) is 20.9 Å². The highest BCUT2D eigenvalue weighted by molar-refractivity contribution is 5.79. The average molecular weight is 365 g/mol. The second kappa shape index (κ2) is 7.62. The molecule has 0 atom stereocenters. The van der Waals surface area contributed by atoms with Crippen LogP contribution in [0.25, 0.3) is 22.4 Å². The molecule has 0 aromatic carbocycles. The predicted octanol–water partition coefficient (Wildman–Crippen LogP) is 2.69. The Labute approximate surface area is 157 Å². The van der Waals surface area contributed by atoms with Crippen LogP contribution in [0, 0.1) is 18.3 Å². The van der Waals surface area contributed by atoms with Crippen LogP contribution in [0.4, 0.5) is 0 Å². The van der Waals surface area contributed by atoms with Crippen LogP contribution in [-0.4, -0.2) is 31.3 Å². The fourth-order valence-corrected chi connectivity index (χ4v) is 2.83. The molecule has 0 unspecified atom stereocenters. The first-order chi connectivity index (χ1) is 12.9. The number of nitrogens with one attached hydrogen (secondary N) is 1. The Morgan fingerprint density at radius 3 is 2.81 bits per heavy atom. The molecule has 27 heavy (non-hydrogen) atoms. The molecule has 0 amide bonds. The van der Waals surface area contributed by atoms with Gasteiger partial charge in [0, 0.05) is 18.8 Å². The van der Waals surface area contributed by atoms with Crippen molar-refractivity contribution in [2.45, 2.75) is 33.6 Å². The lowest BCUT2D eigenvalue weighted by molar-refractivity contribution is 0.262. The smallest absolute Gasteiger partial charge is 0.279 e. The van der Waals surface area contributed by atoms with Crippen molar-refractivity contribution in [3.63, 3.8) is 0 Å². The maximum Gasteiger partial charge on any atom is 0.279 e. The Balaban J connectivity index is 2.20.